The van der Waals surface area contributed by atoms with Gasteiger partial charge in [0, 0.05) is 24.1 Å². The molecular weight excluding hydrogens is 313 g/mol. The molecule has 0 heterocycles. The summed E-state index contributed by atoms with van der Waals surface area (Å²) in [6.45, 7) is 6.16. The molecule has 0 aromatic heterocycles. The average Bonchev–Trinajstić information content (AvgIpc) is 2.97. The third-order valence-electron chi connectivity index (χ3n) is 5.29. The molecule has 2 aliphatic carbocycles. The Morgan fingerprint density at radius 1 is 1.32 bits per heavy atom. The summed E-state index contributed by atoms with van der Waals surface area (Å²) in [7, 11) is 0. The smallest absolute Gasteiger partial charge is 0.127 e. The molecule has 2 N–H and O–H groups in total. The number of aromatic hydroxyl groups is 1. The zero-order chi connectivity index (χ0) is 17.8. The van der Waals surface area contributed by atoms with E-state index in [4.69, 9.17) is 0 Å². The Bertz CT molecular complexity index is 717. The van der Waals surface area contributed by atoms with Crippen molar-refractivity contribution in [1.29, 1.82) is 0 Å². The third kappa shape index (κ3) is 4.04. The van der Waals surface area contributed by atoms with Crippen molar-refractivity contribution < 1.29 is 9.50 Å². The van der Waals surface area contributed by atoms with Crippen molar-refractivity contribution in [3.8, 4) is 5.75 Å². The van der Waals surface area contributed by atoms with E-state index in [1.54, 1.807) is 6.07 Å². The first-order chi connectivity index (χ1) is 12.1. The van der Waals surface area contributed by atoms with E-state index in [0.717, 1.165) is 55.5 Å². The molecule has 25 heavy (non-hydrogen) atoms. The molecule has 3 rings (SSSR count). The van der Waals surface area contributed by atoms with Crippen LogP contribution in [0.5, 0.6) is 5.75 Å². The van der Waals surface area contributed by atoms with Crippen LogP contribution < -0.4 is 5.32 Å². The van der Waals surface area contributed by atoms with Crippen molar-refractivity contribution in [3.05, 3.63) is 59.0 Å². The van der Waals surface area contributed by atoms with E-state index in [-0.39, 0.29) is 17.5 Å². The molecule has 134 valence electrons. The van der Waals surface area contributed by atoms with Gasteiger partial charge in [0.05, 0.1) is 0 Å². The standard InChI is InChI=1S/C22H28FNO/c1-3-16-11-18(22-20(16)12-19(23)13-21(22)25)9-10-24-14-15(2)17-7-5-4-6-8-17/h5,7-8,11-13,15-16,24-25H,3-4,6,9-10,14H2,1-2H3. The summed E-state index contributed by atoms with van der Waals surface area (Å²) in [5, 5.41) is 13.7. The number of benzene rings is 1. The van der Waals surface area contributed by atoms with E-state index in [9.17, 15) is 9.50 Å². The van der Waals surface area contributed by atoms with Crippen molar-refractivity contribution in [2.24, 2.45) is 5.92 Å². The molecule has 0 fully saturated rings. The highest BCUT2D eigenvalue weighted by Gasteiger charge is 2.25. The molecule has 0 aliphatic heterocycles. The first-order valence-electron chi connectivity index (χ1n) is 9.41. The molecule has 2 atom stereocenters. The molecule has 0 saturated heterocycles. The molecule has 0 spiro atoms. The van der Waals surface area contributed by atoms with Crippen LogP contribution in [-0.4, -0.2) is 18.2 Å². The topological polar surface area (TPSA) is 32.3 Å². The molecule has 3 heteroatoms. The number of halogens is 1. The van der Waals surface area contributed by atoms with Gasteiger partial charge in [0.15, 0.2) is 0 Å². The maximum atomic E-state index is 13.6. The van der Waals surface area contributed by atoms with E-state index in [1.807, 2.05) is 0 Å². The van der Waals surface area contributed by atoms with E-state index < -0.39 is 0 Å². The van der Waals surface area contributed by atoms with Gasteiger partial charge in [-0.05, 0) is 60.9 Å². The van der Waals surface area contributed by atoms with Gasteiger partial charge in [-0.1, -0.05) is 38.2 Å². The van der Waals surface area contributed by atoms with Crippen molar-refractivity contribution in [3.63, 3.8) is 0 Å². The normalized spacial score (nSPS) is 20.2. The molecule has 1 aromatic rings. The Morgan fingerprint density at radius 3 is 2.88 bits per heavy atom. The number of phenols is 1. The van der Waals surface area contributed by atoms with Crippen molar-refractivity contribution in [2.45, 2.75) is 45.4 Å². The molecule has 2 nitrogen and oxygen atoms in total. The number of hydrogen-bond acceptors (Lipinski definition) is 2. The van der Waals surface area contributed by atoms with Gasteiger partial charge < -0.3 is 10.4 Å². The second-order valence-corrected chi connectivity index (χ2v) is 7.13. The van der Waals surface area contributed by atoms with Crippen LogP contribution in [0.3, 0.4) is 0 Å². The van der Waals surface area contributed by atoms with E-state index in [2.05, 4.69) is 43.5 Å². The van der Waals surface area contributed by atoms with Crippen LogP contribution in [0.4, 0.5) is 4.39 Å². The second kappa shape index (κ2) is 8.01. The SMILES string of the molecule is CCC1C=C(CCNCC(C)C2=CCCC=C2)c2c(O)cc(F)cc21. The minimum Gasteiger partial charge on any atom is -0.507 e. The summed E-state index contributed by atoms with van der Waals surface area (Å²) in [4.78, 5) is 0. The summed E-state index contributed by atoms with van der Waals surface area (Å²) < 4.78 is 13.6. The quantitative estimate of drug-likeness (QED) is 0.658. The Balaban J connectivity index is 1.57. The number of hydrogen-bond donors (Lipinski definition) is 2. The number of fused-ring (bicyclic) bond motifs is 1. The van der Waals surface area contributed by atoms with Crippen LogP contribution in [0.1, 0.15) is 56.6 Å². The largest absolute Gasteiger partial charge is 0.507 e. The molecule has 0 amide bonds. The van der Waals surface area contributed by atoms with E-state index in [1.165, 1.54) is 11.6 Å². The highest BCUT2D eigenvalue weighted by atomic mass is 19.1. The molecule has 1 aromatic carbocycles. The lowest BCUT2D eigenvalue weighted by Crippen LogP contribution is -2.23. The lowest BCUT2D eigenvalue weighted by atomic mass is 9.95. The van der Waals surface area contributed by atoms with Crippen molar-refractivity contribution >= 4 is 5.57 Å². The van der Waals surface area contributed by atoms with Gasteiger partial charge in [-0.25, -0.2) is 4.39 Å². The van der Waals surface area contributed by atoms with Crippen LogP contribution >= 0.6 is 0 Å². The fourth-order valence-electron chi connectivity index (χ4n) is 3.88. The predicted octanol–water partition coefficient (Wildman–Crippen LogP) is 5.31. The first kappa shape index (κ1) is 17.9. The van der Waals surface area contributed by atoms with Gasteiger partial charge in [-0.2, -0.15) is 0 Å². The highest BCUT2D eigenvalue weighted by Crippen LogP contribution is 2.44. The van der Waals surface area contributed by atoms with Gasteiger partial charge in [0.25, 0.3) is 0 Å². The lowest BCUT2D eigenvalue weighted by Gasteiger charge is -2.16. The predicted molar refractivity (Wildman–Crippen MR) is 102 cm³/mol. The average molecular weight is 341 g/mol. The maximum Gasteiger partial charge on any atom is 0.127 e. The van der Waals surface area contributed by atoms with Gasteiger partial charge in [0.2, 0.25) is 0 Å². The van der Waals surface area contributed by atoms with Gasteiger partial charge >= 0.3 is 0 Å². The summed E-state index contributed by atoms with van der Waals surface area (Å²) >= 11 is 0. The summed E-state index contributed by atoms with van der Waals surface area (Å²) in [5.41, 5.74) is 4.33. The van der Waals surface area contributed by atoms with Crippen molar-refractivity contribution in [2.75, 3.05) is 13.1 Å². The molecule has 0 saturated carbocycles. The molecular formula is C22H28FNO. The van der Waals surface area contributed by atoms with Crippen LogP contribution in [0.2, 0.25) is 0 Å². The monoisotopic (exact) mass is 341 g/mol. The Hall–Kier alpha value is -1.87. The number of allylic oxidation sites excluding steroid dienone is 4. The zero-order valence-electron chi connectivity index (χ0n) is 15.2. The van der Waals surface area contributed by atoms with Crippen LogP contribution in [0, 0.1) is 11.7 Å². The highest BCUT2D eigenvalue weighted by molar-refractivity contribution is 5.78. The van der Waals surface area contributed by atoms with E-state index >= 15 is 0 Å². The van der Waals surface area contributed by atoms with Crippen LogP contribution in [-0.2, 0) is 0 Å². The fraction of sp³-hybridized carbons (Fsp3) is 0.455. The first-order valence-corrected chi connectivity index (χ1v) is 9.41. The molecule has 2 aliphatic rings. The van der Waals surface area contributed by atoms with Crippen LogP contribution in [0.15, 0.2) is 42.0 Å². The number of phenolic OH excluding ortho intramolecular Hbond substituents is 1. The minimum atomic E-state index is -0.356. The summed E-state index contributed by atoms with van der Waals surface area (Å²) in [6.07, 6.45) is 13.1. The number of rotatable bonds is 7. The van der Waals surface area contributed by atoms with Crippen molar-refractivity contribution in [1.82, 2.24) is 5.32 Å². The fourth-order valence-corrected chi connectivity index (χ4v) is 3.88. The third-order valence-corrected chi connectivity index (χ3v) is 5.29. The van der Waals surface area contributed by atoms with Gasteiger partial charge in [-0.3, -0.25) is 0 Å². The second-order valence-electron chi connectivity index (χ2n) is 7.13. The Kier molecular flexibility index (Phi) is 5.74. The molecule has 2 unspecified atom stereocenters. The van der Waals surface area contributed by atoms with Gasteiger partial charge in [-0.15, -0.1) is 0 Å². The van der Waals surface area contributed by atoms with E-state index in [0.29, 0.717) is 5.92 Å². The molecule has 0 bridgehead atoms. The zero-order valence-corrected chi connectivity index (χ0v) is 15.2. The summed E-state index contributed by atoms with van der Waals surface area (Å²) in [6, 6.07) is 2.80. The minimum absolute atomic E-state index is 0.0723. The van der Waals surface area contributed by atoms with Gasteiger partial charge in [0.1, 0.15) is 11.6 Å². The Morgan fingerprint density at radius 2 is 2.16 bits per heavy atom. The lowest BCUT2D eigenvalue weighted by molar-refractivity contribution is 0.466. The maximum absolute atomic E-state index is 13.6. The Labute approximate surface area is 150 Å². The summed E-state index contributed by atoms with van der Waals surface area (Å²) in [5.74, 6) is 0.434. The van der Waals surface area contributed by atoms with Crippen LogP contribution in [0.25, 0.3) is 5.57 Å². The molecule has 0 radical (unpaired) electrons. The number of nitrogens with one attached hydrogen (secondary N) is 1.